The highest BCUT2D eigenvalue weighted by Gasteiger charge is 2.15. The number of pyridine rings is 1. The molecule has 0 radical (unpaired) electrons. The number of aryl methyl sites for hydroxylation is 1. The first-order chi connectivity index (χ1) is 12.7. The fourth-order valence-corrected chi connectivity index (χ4v) is 3.10. The van der Waals surface area contributed by atoms with Crippen LogP contribution in [0.3, 0.4) is 0 Å². The number of aromatic nitrogens is 1. The van der Waals surface area contributed by atoms with Gasteiger partial charge in [-0.1, -0.05) is 55.5 Å². The molecule has 2 aromatic carbocycles. The molecule has 1 amide bonds. The summed E-state index contributed by atoms with van der Waals surface area (Å²) in [6.45, 7) is 4.10. The Labute approximate surface area is 153 Å². The van der Waals surface area contributed by atoms with Crippen molar-refractivity contribution in [3.8, 4) is 0 Å². The number of primary amides is 1. The smallest absolute Gasteiger partial charge is 0.252 e. The van der Waals surface area contributed by atoms with Crippen LogP contribution in [0.2, 0.25) is 0 Å². The van der Waals surface area contributed by atoms with E-state index in [4.69, 9.17) is 5.73 Å². The Bertz CT molecular complexity index is 976. The first kappa shape index (κ1) is 17.7. The number of para-hydroxylation sites is 2. The van der Waals surface area contributed by atoms with Crippen LogP contribution in [0.1, 0.15) is 35.3 Å². The van der Waals surface area contributed by atoms with Crippen molar-refractivity contribution in [2.24, 2.45) is 5.73 Å². The molecule has 0 unspecified atom stereocenters. The van der Waals surface area contributed by atoms with Crippen molar-refractivity contribution in [1.29, 1.82) is 0 Å². The van der Waals surface area contributed by atoms with E-state index in [9.17, 15) is 4.79 Å². The van der Waals surface area contributed by atoms with Gasteiger partial charge < -0.3 is 11.1 Å². The SMILES string of the molecule is CC=CCc1cccc2c(Nc3ccccc3CC)c(C(N)=O)cnc12. The Hall–Kier alpha value is -3.14. The third kappa shape index (κ3) is 3.45. The normalized spacial score (nSPS) is 11.2. The van der Waals surface area contributed by atoms with E-state index in [0.29, 0.717) is 11.3 Å². The van der Waals surface area contributed by atoms with E-state index < -0.39 is 5.91 Å². The molecule has 1 heterocycles. The molecule has 0 spiro atoms. The second-order valence-electron chi connectivity index (χ2n) is 6.13. The lowest BCUT2D eigenvalue weighted by atomic mass is 10.0. The number of benzene rings is 2. The van der Waals surface area contributed by atoms with Crippen LogP contribution in [-0.2, 0) is 12.8 Å². The van der Waals surface area contributed by atoms with Crippen molar-refractivity contribution < 1.29 is 4.79 Å². The van der Waals surface area contributed by atoms with Crippen LogP contribution < -0.4 is 11.1 Å². The van der Waals surface area contributed by atoms with E-state index in [-0.39, 0.29) is 0 Å². The third-order valence-corrected chi connectivity index (χ3v) is 4.48. The Kier molecular flexibility index (Phi) is 5.32. The molecular weight excluding hydrogens is 322 g/mol. The largest absolute Gasteiger partial charge is 0.365 e. The summed E-state index contributed by atoms with van der Waals surface area (Å²) in [7, 11) is 0. The van der Waals surface area contributed by atoms with Gasteiger partial charge in [0.15, 0.2) is 0 Å². The van der Waals surface area contributed by atoms with Gasteiger partial charge in [-0.15, -0.1) is 0 Å². The maximum Gasteiger partial charge on any atom is 0.252 e. The highest BCUT2D eigenvalue weighted by molar-refractivity contribution is 6.08. The zero-order valence-electron chi connectivity index (χ0n) is 15.1. The quantitative estimate of drug-likeness (QED) is 0.633. The molecule has 3 aromatic rings. The Morgan fingerprint density at radius 1 is 1.15 bits per heavy atom. The van der Waals surface area contributed by atoms with E-state index in [1.54, 1.807) is 6.20 Å². The Morgan fingerprint density at radius 3 is 2.65 bits per heavy atom. The molecule has 3 rings (SSSR count). The molecule has 0 aliphatic rings. The lowest BCUT2D eigenvalue weighted by Gasteiger charge is -2.16. The summed E-state index contributed by atoms with van der Waals surface area (Å²) >= 11 is 0. The zero-order valence-corrected chi connectivity index (χ0v) is 15.1. The predicted molar refractivity (Wildman–Crippen MR) is 108 cm³/mol. The molecule has 1 aromatic heterocycles. The number of hydrogen-bond donors (Lipinski definition) is 2. The molecular formula is C22H23N3O. The van der Waals surface area contributed by atoms with Gasteiger partial charge in [0.25, 0.3) is 5.91 Å². The van der Waals surface area contributed by atoms with Gasteiger partial charge in [-0.25, -0.2) is 0 Å². The molecule has 0 bridgehead atoms. The highest BCUT2D eigenvalue weighted by Crippen LogP contribution is 2.32. The van der Waals surface area contributed by atoms with E-state index in [1.165, 1.54) is 5.56 Å². The number of allylic oxidation sites excluding steroid dienone is 2. The fraction of sp³-hybridized carbons (Fsp3) is 0.182. The number of hydrogen-bond acceptors (Lipinski definition) is 3. The van der Waals surface area contributed by atoms with Crippen molar-refractivity contribution in [2.45, 2.75) is 26.7 Å². The van der Waals surface area contributed by atoms with E-state index in [2.05, 4.69) is 35.4 Å². The first-order valence-electron chi connectivity index (χ1n) is 8.82. The summed E-state index contributed by atoms with van der Waals surface area (Å²) in [6.07, 6.45) is 7.37. The number of carbonyl (C=O) groups excluding carboxylic acids is 1. The summed E-state index contributed by atoms with van der Waals surface area (Å²) in [4.78, 5) is 16.5. The maximum absolute atomic E-state index is 12.0. The Balaban J connectivity index is 2.20. The minimum absolute atomic E-state index is 0.395. The molecule has 0 aliphatic heterocycles. The zero-order chi connectivity index (χ0) is 18.5. The van der Waals surface area contributed by atoms with Crippen LogP contribution in [-0.4, -0.2) is 10.9 Å². The van der Waals surface area contributed by atoms with Crippen molar-refractivity contribution in [1.82, 2.24) is 4.98 Å². The van der Waals surface area contributed by atoms with Gasteiger partial charge in [-0.3, -0.25) is 9.78 Å². The molecule has 0 saturated heterocycles. The van der Waals surface area contributed by atoms with Gasteiger partial charge in [0, 0.05) is 17.3 Å². The van der Waals surface area contributed by atoms with Crippen LogP contribution in [0, 0.1) is 0 Å². The number of fused-ring (bicyclic) bond motifs is 1. The van der Waals surface area contributed by atoms with Gasteiger partial charge in [0.05, 0.1) is 16.8 Å². The lowest BCUT2D eigenvalue weighted by molar-refractivity contribution is 0.100. The summed E-state index contributed by atoms with van der Waals surface area (Å²) in [5.41, 5.74) is 10.9. The first-order valence-corrected chi connectivity index (χ1v) is 8.82. The summed E-state index contributed by atoms with van der Waals surface area (Å²) in [6, 6.07) is 14.1. The molecule has 0 fully saturated rings. The van der Waals surface area contributed by atoms with Crippen LogP contribution >= 0.6 is 0 Å². The highest BCUT2D eigenvalue weighted by atomic mass is 16.1. The lowest BCUT2D eigenvalue weighted by Crippen LogP contribution is -2.14. The third-order valence-electron chi connectivity index (χ3n) is 4.48. The molecule has 132 valence electrons. The number of nitrogens with zero attached hydrogens (tertiary/aromatic N) is 1. The van der Waals surface area contributed by atoms with Crippen LogP contribution in [0.15, 0.2) is 60.8 Å². The molecule has 3 N–H and O–H groups in total. The van der Waals surface area contributed by atoms with Crippen molar-refractivity contribution >= 4 is 28.2 Å². The van der Waals surface area contributed by atoms with Gasteiger partial charge in [0.2, 0.25) is 0 Å². The van der Waals surface area contributed by atoms with Crippen LogP contribution in [0.25, 0.3) is 10.9 Å². The van der Waals surface area contributed by atoms with Crippen molar-refractivity contribution in [2.75, 3.05) is 5.32 Å². The standard InChI is InChI=1S/C22H23N3O/c1-3-5-9-16-11-8-12-17-20(16)24-14-18(22(23)26)21(17)25-19-13-7-6-10-15(19)4-2/h3,5-8,10-14H,4,9H2,1-2H3,(H2,23,26)(H,24,25). The van der Waals surface area contributed by atoms with Crippen molar-refractivity contribution in [3.05, 3.63) is 77.5 Å². The summed E-state index contributed by atoms with van der Waals surface area (Å²) < 4.78 is 0. The summed E-state index contributed by atoms with van der Waals surface area (Å²) in [5.74, 6) is -0.491. The molecule has 4 heteroatoms. The second kappa shape index (κ2) is 7.83. The number of nitrogens with one attached hydrogen (secondary N) is 1. The Morgan fingerprint density at radius 2 is 1.92 bits per heavy atom. The van der Waals surface area contributed by atoms with E-state index in [1.807, 2.05) is 43.3 Å². The number of nitrogens with two attached hydrogens (primary N) is 1. The second-order valence-corrected chi connectivity index (χ2v) is 6.13. The van der Waals surface area contributed by atoms with E-state index in [0.717, 1.165) is 35.0 Å². The van der Waals surface area contributed by atoms with Crippen LogP contribution in [0.4, 0.5) is 11.4 Å². The monoisotopic (exact) mass is 345 g/mol. The molecule has 26 heavy (non-hydrogen) atoms. The number of amides is 1. The van der Waals surface area contributed by atoms with Crippen molar-refractivity contribution in [3.63, 3.8) is 0 Å². The van der Waals surface area contributed by atoms with Gasteiger partial charge in [0.1, 0.15) is 0 Å². The van der Waals surface area contributed by atoms with Gasteiger partial charge in [-0.2, -0.15) is 0 Å². The molecule has 0 atom stereocenters. The van der Waals surface area contributed by atoms with E-state index >= 15 is 0 Å². The molecule has 4 nitrogen and oxygen atoms in total. The average molecular weight is 345 g/mol. The number of anilines is 2. The maximum atomic E-state index is 12.0. The number of carbonyl (C=O) groups is 1. The molecule has 0 aliphatic carbocycles. The van der Waals surface area contributed by atoms with Gasteiger partial charge in [-0.05, 0) is 37.0 Å². The predicted octanol–water partition coefficient (Wildman–Crippen LogP) is 4.76. The fourth-order valence-electron chi connectivity index (χ4n) is 3.10. The number of rotatable bonds is 6. The average Bonchev–Trinajstić information content (AvgIpc) is 2.66. The minimum atomic E-state index is -0.491. The topological polar surface area (TPSA) is 68.0 Å². The minimum Gasteiger partial charge on any atom is -0.365 e. The summed E-state index contributed by atoms with van der Waals surface area (Å²) in [5, 5.41) is 4.34. The molecule has 0 saturated carbocycles. The van der Waals surface area contributed by atoms with Crippen LogP contribution in [0.5, 0.6) is 0 Å². The van der Waals surface area contributed by atoms with Gasteiger partial charge >= 0.3 is 0 Å².